The topological polar surface area (TPSA) is 33.7 Å². The van der Waals surface area contributed by atoms with Crippen LogP contribution in [0.15, 0.2) is 18.2 Å². The monoisotopic (exact) mass is 274 g/mol. The van der Waals surface area contributed by atoms with Gasteiger partial charge in [0.05, 0.1) is 5.69 Å². The lowest BCUT2D eigenvalue weighted by Gasteiger charge is -2.23. The van der Waals surface area contributed by atoms with E-state index in [0.29, 0.717) is 25.3 Å². The number of ether oxygens (including phenoxy) is 2. The second-order valence-corrected chi connectivity index (χ2v) is 6.18. The number of hydrogen-bond donors (Lipinski definition) is 1. The van der Waals surface area contributed by atoms with Crippen molar-refractivity contribution in [3.8, 4) is 11.5 Å². The van der Waals surface area contributed by atoms with Gasteiger partial charge in [-0.1, -0.05) is 6.07 Å². The summed E-state index contributed by atoms with van der Waals surface area (Å²) in [5.41, 5.74) is 1.08. The lowest BCUT2D eigenvalue weighted by Crippen LogP contribution is -2.31. The SMILES string of the molecule is CC1CC(Nc2cccc3c2OCCO3)CN1C1CC1. The van der Waals surface area contributed by atoms with E-state index in [2.05, 4.69) is 23.2 Å². The van der Waals surface area contributed by atoms with Crippen LogP contribution in [0, 0.1) is 0 Å². The smallest absolute Gasteiger partial charge is 0.184 e. The van der Waals surface area contributed by atoms with Crippen LogP contribution in [0.4, 0.5) is 5.69 Å². The highest BCUT2D eigenvalue weighted by Crippen LogP contribution is 2.39. The Kier molecular flexibility index (Phi) is 2.99. The van der Waals surface area contributed by atoms with Crippen molar-refractivity contribution in [1.82, 2.24) is 4.90 Å². The lowest BCUT2D eigenvalue weighted by molar-refractivity contribution is 0.172. The Morgan fingerprint density at radius 3 is 2.90 bits per heavy atom. The molecule has 2 fully saturated rings. The molecule has 0 bridgehead atoms. The highest BCUT2D eigenvalue weighted by molar-refractivity contribution is 5.64. The molecule has 1 saturated carbocycles. The van der Waals surface area contributed by atoms with Crippen LogP contribution in [0.3, 0.4) is 0 Å². The summed E-state index contributed by atoms with van der Waals surface area (Å²) in [4.78, 5) is 2.66. The first-order chi connectivity index (χ1) is 9.81. The van der Waals surface area contributed by atoms with Crippen molar-refractivity contribution in [2.75, 3.05) is 25.1 Å². The van der Waals surface area contributed by atoms with Crippen LogP contribution in [0.1, 0.15) is 26.2 Å². The van der Waals surface area contributed by atoms with Crippen LogP contribution in [0.2, 0.25) is 0 Å². The highest BCUT2D eigenvalue weighted by Gasteiger charge is 2.38. The molecular weight excluding hydrogens is 252 g/mol. The molecule has 2 aliphatic heterocycles. The molecule has 4 nitrogen and oxygen atoms in total. The zero-order valence-corrected chi connectivity index (χ0v) is 12.0. The molecule has 0 spiro atoms. The minimum absolute atomic E-state index is 0.516. The van der Waals surface area contributed by atoms with E-state index in [1.54, 1.807) is 0 Å². The molecule has 1 N–H and O–H groups in total. The second-order valence-electron chi connectivity index (χ2n) is 6.18. The van der Waals surface area contributed by atoms with Crippen molar-refractivity contribution in [2.24, 2.45) is 0 Å². The van der Waals surface area contributed by atoms with Crippen LogP contribution >= 0.6 is 0 Å². The number of hydrogen-bond acceptors (Lipinski definition) is 4. The third kappa shape index (κ3) is 2.22. The third-order valence-electron chi connectivity index (χ3n) is 4.56. The first-order valence-corrected chi connectivity index (χ1v) is 7.72. The Bertz CT molecular complexity index is 501. The van der Waals surface area contributed by atoms with Gasteiger partial charge in [0.25, 0.3) is 0 Å². The maximum atomic E-state index is 5.78. The Morgan fingerprint density at radius 2 is 2.05 bits per heavy atom. The Morgan fingerprint density at radius 1 is 1.20 bits per heavy atom. The van der Waals surface area contributed by atoms with Gasteiger partial charge in [0, 0.05) is 24.7 Å². The maximum absolute atomic E-state index is 5.78. The van der Waals surface area contributed by atoms with Crippen molar-refractivity contribution >= 4 is 5.69 Å². The molecule has 20 heavy (non-hydrogen) atoms. The van der Waals surface area contributed by atoms with Crippen LogP contribution in [-0.2, 0) is 0 Å². The molecule has 4 rings (SSSR count). The van der Waals surface area contributed by atoms with Gasteiger partial charge in [-0.3, -0.25) is 4.90 Å². The van der Waals surface area contributed by atoms with Crippen LogP contribution in [0.25, 0.3) is 0 Å². The van der Waals surface area contributed by atoms with Gasteiger partial charge in [-0.15, -0.1) is 0 Å². The summed E-state index contributed by atoms with van der Waals surface area (Å²) in [5, 5.41) is 3.67. The van der Waals surface area contributed by atoms with E-state index in [9.17, 15) is 0 Å². The zero-order chi connectivity index (χ0) is 13.5. The van der Waals surface area contributed by atoms with Gasteiger partial charge in [-0.2, -0.15) is 0 Å². The lowest BCUT2D eigenvalue weighted by atomic mass is 10.1. The fourth-order valence-electron chi connectivity index (χ4n) is 3.48. The summed E-state index contributed by atoms with van der Waals surface area (Å²) in [6.07, 6.45) is 3.98. The van der Waals surface area contributed by atoms with Gasteiger partial charge < -0.3 is 14.8 Å². The van der Waals surface area contributed by atoms with E-state index in [-0.39, 0.29) is 0 Å². The molecule has 2 unspecified atom stereocenters. The Labute approximate surface area is 120 Å². The summed E-state index contributed by atoms with van der Waals surface area (Å²) in [7, 11) is 0. The minimum atomic E-state index is 0.516. The van der Waals surface area contributed by atoms with Gasteiger partial charge in [0.1, 0.15) is 13.2 Å². The molecule has 0 radical (unpaired) electrons. The number of anilines is 1. The normalized spacial score (nSPS) is 29.4. The molecule has 2 atom stereocenters. The maximum Gasteiger partial charge on any atom is 0.184 e. The first-order valence-electron chi connectivity index (χ1n) is 7.72. The van der Waals surface area contributed by atoms with Crippen molar-refractivity contribution in [3.05, 3.63) is 18.2 Å². The summed E-state index contributed by atoms with van der Waals surface area (Å²) < 4.78 is 11.4. The predicted octanol–water partition coefficient (Wildman–Crippen LogP) is 2.49. The third-order valence-corrected chi connectivity index (χ3v) is 4.56. The molecule has 1 aliphatic carbocycles. The quantitative estimate of drug-likeness (QED) is 0.918. The van der Waals surface area contributed by atoms with Gasteiger partial charge in [0.2, 0.25) is 0 Å². The zero-order valence-electron chi connectivity index (χ0n) is 12.0. The van der Waals surface area contributed by atoms with Gasteiger partial charge in [0.15, 0.2) is 11.5 Å². The first kappa shape index (κ1) is 12.3. The highest BCUT2D eigenvalue weighted by atomic mass is 16.6. The number of fused-ring (bicyclic) bond motifs is 1. The Hall–Kier alpha value is -1.42. The van der Waals surface area contributed by atoms with E-state index in [1.807, 2.05) is 12.1 Å². The van der Waals surface area contributed by atoms with Crippen molar-refractivity contribution in [3.63, 3.8) is 0 Å². The second kappa shape index (κ2) is 4.85. The summed E-state index contributed by atoms with van der Waals surface area (Å²) in [6.45, 7) is 4.78. The number of para-hydroxylation sites is 1. The summed E-state index contributed by atoms with van der Waals surface area (Å²) in [5.74, 6) is 1.75. The number of nitrogens with one attached hydrogen (secondary N) is 1. The van der Waals surface area contributed by atoms with E-state index in [4.69, 9.17) is 9.47 Å². The number of rotatable bonds is 3. The standard InChI is InChI=1S/C16H22N2O2/c1-11-9-12(10-18(11)13-5-6-13)17-14-3-2-4-15-16(14)20-8-7-19-15/h2-4,11-13,17H,5-10H2,1H3. The van der Waals surface area contributed by atoms with E-state index >= 15 is 0 Å². The largest absolute Gasteiger partial charge is 0.486 e. The molecule has 3 aliphatic rings. The van der Waals surface area contributed by atoms with E-state index < -0.39 is 0 Å². The number of nitrogens with zero attached hydrogens (tertiary/aromatic N) is 1. The number of likely N-dealkylation sites (tertiary alicyclic amines) is 1. The molecule has 1 aromatic rings. The van der Waals surface area contributed by atoms with E-state index in [1.165, 1.54) is 19.3 Å². The Balaban J connectivity index is 1.49. The van der Waals surface area contributed by atoms with Crippen LogP contribution in [0.5, 0.6) is 11.5 Å². The van der Waals surface area contributed by atoms with Crippen molar-refractivity contribution < 1.29 is 9.47 Å². The van der Waals surface area contributed by atoms with Gasteiger partial charge in [-0.05, 0) is 38.3 Å². The molecule has 108 valence electrons. The van der Waals surface area contributed by atoms with Gasteiger partial charge in [-0.25, -0.2) is 0 Å². The van der Waals surface area contributed by atoms with Crippen molar-refractivity contribution in [1.29, 1.82) is 0 Å². The average molecular weight is 274 g/mol. The molecule has 4 heteroatoms. The fourth-order valence-corrected chi connectivity index (χ4v) is 3.48. The molecular formula is C16H22N2O2. The van der Waals surface area contributed by atoms with E-state index in [0.717, 1.165) is 29.8 Å². The van der Waals surface area contributed by atoms with Crippen LogP contribution < -0.4 is 14.8 Å². The summed E-state index contributed by atoms with van der Waals surface area (Å²) >= 11 is 0. The van der Waals surface area contributed by atoms with Crippen molar-refractivity contribution in [2.45, 2.75) is 44.3 Å². The minimum Gasteiger partial charge on any atom is -0.486 e. The van der Waals surface area contributed by atoms with Gasteiger partial charge >= 0.3 is 0 Å². The number of benzene rings is 1. The average Bonchev–Trinajstić information content (AvgIpc) is 3.24. The summed E-state index contributed by atoms with van der Waals surface area (Å²) in [6, 6.07) is 8.17. The fraction of sp³-hybridized carbons (Fsp3) is 0.625. The molecule has 1 saturated heterocycles. The predicted molar refractivity (Wildman–Crippen MR) is 78.6 cm³/mol. The molecule has 1 aromatic carbocycles. The molecule has 0 amide bonds. The van der Waals surface area contributed by atoms with Crippen LogP contribution in [-0.4, -0.2) is 42.8 Å². The molecule has 0 aromatic heterocycles. The molecule has 2 heterocycles.